The number of aromatic carboxylic acids is 1. The zero-order valence-corrected chi connectivity index (χ0v) is 12.8. The quantitative estimate of drug-likeness (QED) is 0.905. The summed E-state index contributed by atoms with van der Waals surface area (Å²) >= 11 is 6.04. The van der Waals surface area contributed by atoms with Gasteiger partial charge in [-0.3, -0.25) is 4.79 Å². The molecule has 1 heterocycles. The number of halogens is 1. The van der Waals surface area contributed by atoms with E-state index < -0.39 is 5.97 Å². The Morgan fingerprint density at radius 1 is 1.22 bits per heavy atom. The molecule has 1 aliphatic heterocycles. The van der Waals surface area contributed by atoms with E-state index in [1.165, 1.54) is 12.1 Å². The zero-order valence-electron chi connectivity index (χ0n) is 12.1. The highest BCUT2D eigenvalue weighted by Gasteiger charge is 2.25. The predicted octanol–water partition coefficient (Wildman–Crippen LogP) is 3.29. The topological polar surface area (TPSA) is 75.6 Å². The van der Waals surface area contributed by atoms with Crippen molar-refractivity contribution in [2.75, 3.05) is 6.61 Å². The van der Waals surface area contributed by atoms with Crippen LogP contribution in [0.4, 0.5) is 0 Å². The molecule has 2 aromatic carbocycles. The highest BCUT2D eigenvalue weighted by atomic mass is 35.5. The molecule has 2 N–H and O–H groups in total. The molecule has 0 aliphatic carbocycles. The van der Waals surface area contributed by atoms with Crippen LogP contribution in [0.5, 0.6) is 5.75 Å². The van der Waals surface area contributed by atoms with Gasteiger partial charge in [-0.25, -0.2) is 4.79 Å². The minimum Gasteiger partial charge on any atom is -0.493 e. The highest BCUT2D eigenvalue weighted by molar-refractivity contribution is 6.33. The molecule has 1 amide bonds. The van der Waals surface area contributed by atoms with E-state index in [-0.39, 0.29) is 17.5 Å². The molecule has 0 fully saturated rings. The second kappa shape index (κ2) is 6.30. The van der Waals surface area contributed by atoms with Gasteiger partial charge in [-0.15, -0.1) is 0 Å². The number of benzene rings is 2. The van der Waals surface area contributed by atoms with E-state index in [4.69, 9.17) is 21.4 Å². The first-order valence-electron chi connectivity index (χ1n) is 7.11. The lowest BCUT2D eigenvalue weighted by atomic mass is 9.97. The summed E-state index contributed by atoms with van der Waals surface area (Å²) in [5.74, 6) is -0.727. The third-order valence-electron chi connectivity index (χ3n) is 3.72. The lowest BCUT2D eigenvalue weighted by Gasteiger charge is -2.27. The first-order valence-corrected chi connectivity index (χ1v) is 7.49. The molecule has 0 spiro atoms. The van der Waals surface area contributed by atoms with E-state index >= 15 is 0 Å². The lowest BCUT2D eigenvalue weighted by molar-refractivity contribution is 0.0696. The van der Waals surface area contributed by atoms with Crippen molar-refractivity contribution in [1.82, 2.24) is 5.32 Å². The summed E-state index contributed by atoms with van der Waals surface area (Å²) < 4.78 is 5.53. The van der Waals surface area contributed by atoms with Crippen LogP contribution in [0.1, 0.15) is 38.7 Å². The molecule has 2 aromatic rings. The largest absolute Gasteiger partial charge is 0.493 e. The second-order valence-electron chi connectivity index (χ2n) is 5.20. The van der Waals surface area contributed by atoms with E-state index in [1.54, 1.807) is 30.3 Å². The smallest absolute Gasteiger partial charge is 0.335 e. The van der Waals surface area contributed by atoms with Crippen molar-refractivity contribution in [3.8, 4) is 5.75 Å². The van der Waals surface area contributed by atoms with E-state index in [1.807, 2.05) is 0 Å². The monoisotopic (exact) mass is 331 g/mol. The molecule has 1 aliphatic rings. The molecule has 0 unspecified atom stereocenters. The summed E-state index contributed by atoms with van der Waals surface area (Å²) in [7, 11) is 0. The number of nitrogens with one attached hydrogen (secondary N) is 1. The maximum atomic E-state index is 12.4. The fraction of sp³-hybridized carbons (Fsp3) is 0.176. The Hall–Kier alpha value is -2.53. The molecule has 6 heteroatoms. The molecule has 0 saturated carbocycles. The predicted molar refractivity (Wildman–Crippen MR) is 85.2 cm³/mol. The van der Waals surface area contributed by atoms with Crippen LogP contribution >= 0.6 is 11.6 Å². The van der Waals surface area contributed by atoms with Gasteiger partial charge in [0.05, 0.1) is 28.8 Å². The minimum absolute atomic E-state index is 0.159. The summed E-state index contributed by atoms with van der Waals surface area (Å²) in [5, 5.41) is 12.4. The average molecular weight is 332 g/mol. The fourth-order valence-electron chi connectivity index (χ4n) is 2.56. The van der Waals surface area contributed by atoms with Gasteiger partial charge in [0.1, 0.15) is 5.75 Å². The molecule has 118 valence electrons. The van der Waals surface area contributed by atoms with Gasteiger partial charge in [-0.05, 0) is 30.3 Å². The molecular weight excluding hydrogens is 318 g/mol. The molecule has 5 nitrogen and oxygen atoms in total. The van der Waals surface area contributed by atoms with Crippen LogP contribution in [0.15, 0.2) is 42.5 Å². The molecule has 0 saturated heterocycles. The van der Waals surface area contributed by atoms with Crippen molar-refractivity contribution in [3.05, 3.63) is 64.2 Å². The molecule has 0 bridgehead atoms. The molecule has 0 aromatic heterocycles. The SMILES string of the molecule is O=C(O)c1ccc2c(c1)[C@H](NC(=O)c1ccccc1Cl)CCO2. The number of carbonyl (C=O) groups excluding carboxylic acids is 1. The van der Waals surface area contributed by atoms with E-state index in [9.17, 15) is 9.59 Å². The lowest BCUT2D eigenvalue weighted by Crippen LogP contribution is -2.32. The Labute approximate surface area is 137 Å². The Balaban J connectivity index is 1.88. The number of hydrogen-bond acceptors (Lipinski definition) is 3. The molecular formula is C17H14ClNO4. The third-order valence-corrected chi connectivity index (χ3v) is 4.05. The van der Waals surface area contributed by atoms with Gasteiger partial charge in [-0.1, -0.05) is 23.7 Å². The van der Waals surface area contributed by atoms with Gasteiger partial charge in [0.15, 0.2) is 0 Å². The van der Waals surface area contributed by atoms with Crippen molar-refractivity contribution in [2.24, 2.45) is 0 Å². The fourth-order valence-corrected chi connectivity index (χ4v) is 2.78. The summed E-state index contributed by atoms with van der Waals surface area (Å²) in [6.45, 7) is 0.451. The average Bonchev–Trinajstić information content (AvgIpc) is 2.55. The Morgan fingerprint density at radius 3 is 2.74 bits per heavy atom. The van der Waals surface area contributed by atoms with Crippen LogP contribution in [-0.2, 0) is 0 Å². The Kier molecular flexibility index (Phi) is 4.21. The van der Waals surface area contributed by atoms with Crippen LogP contribution in [0, 0.1) is 0 Å². The maximum absolute atomic E-state index is 12.4. The minimum atomic E-state index is -1.02. The zero-order chi connectivity index (χ0) is 16.4. The first kappa shape index (κ1) is 15.4. The standard InChI is InChI=1S/C17H14ClNO4/c18-13-4-2-1-3-11(13)16(20)19-14-7-8-23-15-6-5-10(17(21)22)9-12(14)15/h1-6,9,14H,7-8H2,(H,19,20)(H,21,22)/t14-/m1/s1. The number of fused-ring (bicyclic) bond motifs is 1. The molecule has 3 rings (SSSR count). The molecule has 23 heavy (non-hydrogen) atoms. The molecule has 1 atom stereocenters. The van der Waals surface area contributed by atoms with Gasteiger partial charge < -0.3 is 15.2 Å². The number of hydrogen-bond donors (Lipinski definition) is 2. The van der Waals surface area contributed by atoms with Crippen LogP contribution in [0.3, 0.4) is 0 Å². The molecule has 0 radical (unpaired) electrons. The Bertz CT molecular complexity index is 775. The summed E-state index contributed by atoms with van der Waals surface area (Å²) in [5.41, 5.74) is 1.21. The van der Waals surface area contributed by atoms with Crippen molar-refractivity contribution in [2.45, 2.75) is 12.5 Å². The van der Waals surface area contributed by atoms with Crippen molar-refractivity contribution >= 4 is 23.5 Å². The Morgan fingerprint density at radius 2 is 2.00 bits per heavy atom. The summed E-state index contributed by atoms with van der Waals surface area (Å²) in [4.78, 5) is 23.5. The number of rotatable bonds is 3. The van der Waals surface area contributed by atoms with Crippen molar-refractivity contribution in [1.29, 1.82) is 0 Å². The van der Waals surface area contributed by atoms with Gasteiger partial charge in [-0.2, -0.15) is 0 Å². The second-order valence-corrected chi connectivity index (χ2v) is 5.61. The number of carboxylic acids is 1. The first-order chi connectivity index (χ1) is 11.1. The third kappa shape index (κ3) is 3.14. The van der Waals surface area contributed by atoms with Gasteiger partial charge in [0, 0.05) is 12.0 Å². The van der Waals surface area contributed by atoms with Gasteiger partial charge in [0.25, 0.3) is 5.91 Å². The number of amides is 1. The maximum Gasteiger partial charge on any atom is 0.335 e. The van der Waals surface area contributed by atoms with Crippen LogP contribution in [0.2, 0.25) is 5.02 Å². The van der Waals surface area contributed by atoms with Crippen LogP contribution in [-0.4, -0.2) is 23.6 Å². The summed E-state index contributed by atoms with van der Waals surface area (Å²) in [6, 6.07) is 11.1. The van der Waals surface area contributed by atoms with Crippen molar-refractivity contribution < 1.29 is 19.4 Å². The van der Waals surface area contributed by atoms with Crippen LogP contribution in [0.25, 0.3) is 0 Å². The summed E-state index contributed by atoms with van der Waals surface area (Å²) in [6.07, 6.45) is 0.562. The van der Waals surface area contributed by atoms with E-state index in [2.05, 4.69) is 5.32 Å². The van der Waals surface area contributed by atoms with E-state index in [0.29, 0.717) is 34.9 Å². The number of ether oxygens (including phenoxy) is 1. The normalized spacial score (nSPS) is 16.1. The van der Waals surface area contributed by atoms with E-state index in [0.717, 1.165) is 0 Å². The van der Waals surface area contributed by atoms with Gasteiger partial charge >= 0.3 is 5.97 Å². The van der Waals surface area contributed by atoms with Gasteiger partial charge in [0.2, 0.25) is 0 Å². The number of carbonyl (C=O) groups is 2. The highest BCUT2D eigenvalue weighted by Crippen LogP contribution is 2.33. The van der Waals surface area contributed by atoms with Crippen LogP contribution < -0.4 is 10.1 Å². The van der Waals surface area contributed by atoms with Crippen molar-refractivity contribution in [3.63, 3.8) is 0 Å². The number of carboxylic acid groups (broad SMARTS) is 1.